The predicted octanol–water partition coefficient (Wildman–Crippen LogP) is 7.42. The van der Waals surface area contributed by atoms with Crippen LogP contribution in [0.4, 0.5) is 0 Å². The number of thiol groups is 1. The van der Waals surface area contributed by atoms with Gasteiger partial charge in [-0.25, -0.2) is 0 Å². The Morgan fingerprint density at radius 3 is 2.06 bits per heavy atom. The number of hydrogen-bond donors (Lipinski definition) is 1. The van der Waals surface area contributed by atoms with Crippen molar-refractivity contribution < 1.29 is 0 Å². The average Bonchev–Trinajstić information content (AvgIpc) is 3.03. The van der Waals surface area contributed by atoms with Crippen LogP contribution in [-0.4, -0.2) is 3.91 Å². The highest BCUT2D eigenvalue weighted by atomic mass is 34.1. The van der Waals surface area contributed by atoms with Crippen molar-refractivity contribution in [3.63, 3.8) is 0 Å². The van der Waals surface area contributed by atoms with Crippen LogP contribution in [0.5, 0.6) is 0 Å². The van der Waals surface area contributed by atoms with Gasteiger partial charge in [0.1, 0.15) is 3.91 Å². The highest BCUT2D eigenvalue weighted by molar-refractivity contribution is 9.67. The summed E-state index contributed by atoms with van der Waals surface area (Å²) in [5, 5.41) is -1.23. The summed E-state index contributed by atoms with van der Waals surface area (Å²) in [7, 11) is 17.8. The van der Waals surface area contributed by atoms with Crippen molar-refractivity contribution in [2.24, 2.45) is 0 Å². The Balaban J connectivity index is 1.54. The first kappa shape index (κ1) is 17.2. The van der Waals surface area contributed by atoms with Crippen molar-refractivity contribution in [1.82, 2.24) is 0 Å². The van der Waals surface area contributed by atoms with Gasteiger partial charge >= 0.3 is 0 Å². The molecule has 0 aliphatic carbocycles. The third-order valence-electron chi connectivity index (χ3n) is 1.15. The van der Waals surface area contributed by atoms with E-state index in [1.807, 2.05) is 0 Å². The summed E-state index contributed by atoms with van der Waals surface area (Å²) in [5.41, 5.74) is 0. The Kier molecular flexibility index (Phi) is 8.53. The molecule has 2 aliphatic heterocycles. The molecule has 0 spiro atoms. The van der Waals surface area contributed by atoms with Crippen molar-refractivity contribution in [3.8, 4) is 0 Å². The van der Waals surface area contributed by atoms with E-state index < -0.39 is 11.6 Å². The minimum absolute atomic E-state index is 0.551. The summed E-state index contributed by atoms with van der Waals surface area (Å²) in [6.45, 7) is 0. The summed E-state index contributed by atoms with van der Waals surface area (Å²) in [6.07, 6.45) is -0.551. The van der Waals surface area contributed by atoms with E-state index >= 15 is 0 Å². The minimum atomic E-state index is -1.23. The fraction of sp³-hybridized carbons (Fsp3) is 1.00. The maximum absolute atomic E-state index is 5.59. The average molecular weight is 495 g/mol. The summed E-state index contributed by atoms with van der Waals surface area (Å²) < 4.78 is 0.831. The number of hydrogen-bond acceptors (Lipinski definition) is 12. The molecule has 16 heavy (non-hydrogen) atoms. The van der Waals surface area contributed by atoms with Crippen molar-refractivity contribution in [2.45, 2.75) is 3.91 Å². The largest absolute Gasteiger partial charge is 0.143 e. The third-order valence-corrected chi connectivity index (χ3v) is 51.7. The highest BCUT2D eigenvalue weighted by Gasteiger charge is 2.58. The second-order valence-electron chi connectivity index (χ2n) is 1.93. The molecule has 1 fully saturated rings. The molecule has 0 N–H and O–H groups in total. The molecule has 0 radical (unpaired) electrons. The molecule has 0 aromatic carbocycles. The molecule has 0 bridgehead atoms. The third kappa shape index (κ3) is 4.68. The predicted molar refractivity (Wildman–Crippen MR) is 118 cm³/mol. The first-order chi connectivity index (χ1) is 7.62. The van der Waals surface area contributed by atoms with E-state index in [1.54, 1.807) is 68.8 Å². The molecule has 15 heteroatoms. The Labute approximate surface area is 146 Å². The van der Waals surface area contributed by atoms with Gasteiger partial charge in [0.05, 0.1) is 0 Å². The van der Waals surface area contributed by atoms with Crippen LogP contribution < -0.4 is 0 Å². The fourth-order valence-corrected chi connectivity index (χ4v) is 57.5. The zero-order valence-corrected chi connectivity index (χ0v) is 19.1. The van der Waals surface area contributed by atoms with Crippen molar-refractivity contribution in [1.29, 1.82) is 0 Å². The number of fused-ring (bicyclic) bond motifs is 1. The quantitative estimate of drug-likeness (QED) is 0.155. The lowest BCUT2D eigenvalue weighted by molar-refractivity contribution is 2.25. The summed E-state index contributed by atoms with van der Waals surface area (Å²) >= 11 is 15.2. The van der Waals surface area contributed by atoms with E-state index in [2.05, 4.69) is 32.6 Å². The van der Waals surface area contributed by atoms with Gasteiger partial charge < -0.3 is 0 Å². The van der Waals surface area contributed by atoms with Crippen LogP contribution in [0.15, 0.2) is 0 Å². The van der Waals surface area contributed by atoms with E-state index in [9.17, 15) is 0 Å². The van der Waals surface area contributed by atoms with Crippen LogP contribution in [0.2, 0.25) is 0 Å². The van der Waals surface area contributed by atoms with Crippen LogP contribution in [0.3, 0.4) is 0 Å². The van der Waals surface area contributed by atoms with Crippen LogP contribution >= 0.6 is 118 Å². The first-order valence-corrected chi connectivity index (χ1v) is 23.3. The van der Waals surface area contributed by atoms with Crippen LogP contribution in [-0.2, 0) is 27.6 Å². The smallest absolute Gasteiger partial charge is 0.110 e. The molecule has 0 saturated carbocycles. The Bertz CT molecular complexity index is 450. The van der Waals surface area contributed by atoms with Gasteiger partial charge in [-0.15, -0.1) is 10.1 Å². The van der Waals surface area contributed by atoms with Crippen LogP contribution in [0, 0.1) is 0 Å². The van der Waals surface area contributed by atoms with Gasteiger partial charge in [-0.2, -0.15) is 0 Å². The summed E-state index contributed by atoms with van der Waals surface area (Å²) in [5.74, 6) is 0. The Morgan fingerprint density at radius 1 is 1.06 bits per heavy atom. The van der Waals surface area contributed by atoms with Crippen LogP contribution in [0.25, 0.3) is 0 Å². The van der Waals surface area contributed by atoms with Crippen molar-refractivity contribution in [3.05, 3.63) is 0 Å². The number of rotatable bonds is 8. The zero-order valence-electron chi connectivity index (χ0n) is 6.74. The molecule has 2 heterocycles. The molecule has 0 nitrogen and oxygen atoms in total. The zero-order chi connectivity index (χ0) is 11.6. The molecule has 96 valence electrons. The van der Waals surface area contributed by atoms with Gasteiger partial charge in [0.25, 0.3) is 0 Å². The van der Waals surface area contributed by atoms with Gasteiger partial charge in [-0.05, 0) is 68.1 Å². The van der Waals surface area contributed by atoms with Crippen LogP contribution in [0.1, 0.15) is 0 Å². The van der Waals surface area contributed by atoms with E-state index in [1.165, 1.54) is 9.83 Å². The Morgan fingerprint density at radius 2 is 1.56 bits per heavy atom. The fourth-order valence-electron chi connectivity index (χ4n) is 0.515. The second-order valence-corrected chi connectivity index (χ2v) is 38.3. The minimum Gasteiger partial charge on any atom is -0.110 e. The normalized spacial score (nSPS) is 30.7. The SMILES string of the molecule is S=S(=S)(SSSSSSSSS)S12#SC1S2. The summed E-state index contributed by atoms with van der Waals surface area (Å²) in [4.78, 5) is 0. The van der Waals surface area contributed by atoms with Gasteiger partial charge in [0, 0.05) is 44.5 Å². The molecule has 2 aliphatic rings. The van der Waals surface area contributed by atoms with Gasteiger partial charge in [0.2, 0.25) is 0 Å². The van der Waals surface area contributed by atoms with E-state index in [4.69, 9.17) is 22.4 Å². The second kappa shape index (κ2) is 7.92. The lowest BCUT2D eigenvalue weighted by atomic mass is 11.9. The molecule has 2 atom stereocenters. The topological polar surface area (TPSA) is 0 Å². The molecule has 2 unspecified atom stereocenters. The molecular formula is CH2S15. The van der Waals surface area contributed by atoms with Gasteiger partial charge in [-0.1, -0.05) is 22.5 Å². The van der Waals surface area contributed by atoms with Crippen molar-refractivity contribution in [2.75, 3.05) is 0 Å². The first-order valence-electron chi connectivity index (χ1n) is 3.06. The van der Waals surface area contributed by atoms with E-state index in [0.29, 0.717) is 0 Å². The molecular weight excluding hydrogens is 493 g/mol. The molecule has 0 aromatic rings. The lowest BCUT2D eigenvalue weighted by Crippen LogP contribution is -1.73. The maximum Gasteiger partial charge on any atom is 0.143 e. The van der Waals surface area contributed by atoms with E-state index in [0.717, 1.165) is 3.91 Å². The molecule has 0 aromatic heterocycles. The molecule has 0 amide bonds. The van der Waals surface area contributed by atoms with Crippen molar-refractivity contribution >= 4 is 145 Å². The standard InChI is InChI=1S/CH2S15/c2-7-8-9-10-11-12-13-14-16(3,4)15-1(5-15)6-15/h1-2H. The highest BCUT2D eigenvalue weighted by Crippen LogP contribution is 2.96. The van der Waals surface area contributed by atoms with Gasteiger partial charge in [-0.3, -0.25) is 0 Å². The lowest BCUT2D eigenvalue weighted by Gasteiger charge is -2.04. The molecule has 2 rings (SSSR count). The van der Waals surface area contributed by atoms with Gasteiger partial charge in [0.15, 0.2) is 0 Å². The molecule has 1 saturated heterocycles. The Hall–Kier alpha value is 4.86. The van der Waals surface area contributed by atoms with E-state index in [-0.39, 0.29) is 0 Å². The monoisotopic (exact) mass is 494 g/mol. The summed E-state index contributed by atoms with van der Waals surface area (Å²) in [6, 6.07) is 0. The maximum atomic E-state index is 5.59.